The molecule has 1 heterocycles. The van der Waals surface area contributed by atoms with Crippen molar-refractivity contribution < 1.29 is 28.7 Å². The molecule has 0 saturated carbocycles. The van der Waals surface area contributed by atoms with E-state index in [9.17, 15) is 24.0 Å². The van der Waals surface area contributed by atoms with Crippen LogP contribution >= 0.6 is 0 Å². The van der Waals surface area contributed by atoms with E-state index in [1.54, 1.807) is 24.9 Å². The molecule has 0 unspecified atom stereocenters. The second kappa shape index (κ2) is 17.3. The summed E-state index contributed by atoms with van der Waals surface area (Å²) in [5.41, 5.74) is 2.63. The number of hydrogen-bond donors (Lipinski definition) is 2. The summed E-state index contributed by atoms with van der Waals surface area (Å²) >= 11 is 0. The number of piperidine rings is 1. The van der Waals surface area contributed by atoms with Crippen molar-refractivity contribution in [3.8, 4) is 0 Å². The lowest BCUT2D eigenvalue weighted by molar-refractivity contribution is -0.149. The third-order valence-electron chi connectivity index (χ3n) is 8.69. The van der Waals surface area contributed by atoms with Gasteiger partial charge in [0, 0.05) is 33.2 Å². The first-order valence-corrected chi connectivity index (χ1v) is 16.1. The Morgan fingerprint density at radius 1 is 0.978 bits per heavy atom. The van der Waals surface area contributed by atoms with Crippen molar-refractivity contribution in [3.63, 3.8) is 0 Å². The minimum atomic E-state index is -0.772. The molecule has 46 heavy (non-hydrogen) atoms. The summed E-state index contributed by atoms with van der Waals surface area (Å²) < 4.78 is 5.04. The van der Waals surface area contributed by atoms with Gasteiger partial charge in [-0.25, -0.2) is 0 Å². The second-order valence-corrected chi connectivity index (χ2v) is 11.8. The van der Waals surface area contributed by atoms with Crippen LogP contribution in [0.4, 0.5) is 0 Å². The normalized spacial score (nSPS) is 19.5. The Hall–Kier alpha value is -4.47. The molecular formula is C36H48N4O6. The molecule has 2 aromatic carbocycles. The van der Waals surface area contributed by atoms with Gasteiger partial charge in [-0.1, -0.05) is 74.5 Å². The molecule has 1 fully saturated rings. The number of likely N-dealkylation sites (tertiary alicyclic amines) is 1. The van der Waals surface area contributed by atoms with Crippen molar-refractivity contribution in [2.45, 2.75) is 70.3 Å². The molecule has 2 aromatic rings. The van der Waals surface area contributed by atoms with E-state index >= 15 is 0 Å². The maximum absolute atomic E-state index is 13.7. The fourth-order valence-corrected chi connectivity index (χ4v) is 6.24. The van der Waals surface area contributed by atoms with Gasteiger partial charge in [-0.05, 0) is 61.6 Å². The zero-order valence-corrected chi connectivity index (χ0v) is 27.7. The lowest BCUT2D eigenvalue weighted by atomic mass is 9.63. The van der Waals surface area contributed by atoms with Gasteiger partial charge in [0.1, 0.15) is 12.1 Å². The number of hydrogen-bond acceptors (Lipinski definition) is 6. The van der Waals surface area contributed by atoms with E-state index in [2.05, 4.69) is 29.7 Å². The quantitative estimate of drug-likeness (QED) is 0.135. The van der Waals surface area contributed by atoms with Crippen LogP contribution in [0.25, 0.3) is 0 Å². The molecule has 4 amide bonds. The number of ether oxygens (including phenoxy) is 1. The lowest BCUT2D eigenvalue weighted by Crippen LogP contribution is -2.49. The molecule has 2 N–H and O–H groups in total. The highest BCUT2D eigenvalue weighted by molar-refractivity contribution is 6.18. The largest absolute Gasteiger partial charge is 0.465 e. The van der Waals surface area contributed by atoms with Crippen molar-refractivity contribution in [1.29, 1.82) is 0 Å². The Labute approximate surface area is 272 Å². The number of rotatable bonds is 10. The van der Waals surface area contributed by atoms with Gasteiger partial charge in [0.2, 0.25) is 12.3 Å². The minimum absolute atomic E-state index is 0.0219. The maximum Gasteiger partial charge on any atom is 0.325 e. The van der Waals surface area contributed by atoms with Crippen LogP contribution in [0.1, 0.15) is 75.5 Å². The Morgan fingerprint density at radius 2 is 1.63 bits per heavy atom. The average Bonchev–Trinajstić information content (AvgIpc) is 3.08. The van der Waals surface area contributed by atoms with Gasteiger partial charge in [-0.3, -0.25) is 24.0 Å². The van der Waals surface area contributed by atoms with E-state index in [1.807, 2.05) is 49.4 Å². The van der Waals surface area contributed by atoms with Gasteiger partial charge in [-0.2, -0.15) is 0 Å². The first-order valence-electron chi connectivity index (χ1n) is 16.1. The summed E-state index contributed by atoms with van der Waals surface area (Å²) in [5.74, 6) is -0.744. The summed E-state index contributed by atoms with van der Waals surface area (Å²) in [4.78, 5) is 63.1. The van der Waals surface area contributed by atoms with Crippen LogP contribution in [-0.4, -0.2) is 86.3 Å². The number of carbonyl (C=O) groups is 5. The SMILES string of the molecule is CC/C=C(\C(=O)NC)C(=O)NC1CCN(C=O)CC1.CCOC(=O)CN(C)C(=O)[C@@]1(c2ccccc2)CC[C@H](C)c2ccccc21. The van der Waals surface area contributed by atoms with Crippen LogP contribution < -0.4 is 10.6 Å². The second-order valence-electron chi connectivity index (χ2n) is 11.8. The summed E-state index contributed by atoms with van der Waals surface area (Å²) in [6, 6.07) is 18.2. The van der Waals surface area contributed by atoms with Crippen molar-refractivity contribution >= 4 is 30.1 Å². The number of amides is 4. The third-order valence-corrected chi connectivity index (χ3v) is 8.69. The first kappa shape index (κ1) is 36.0. The number of carbonyl (C=O) groups excluding carboxylic acids is 5. The molecule has 10 nitrogen and oxygen atoms in total. The number of esters is 1. The number of nitrogens with zero attached hydrogens (tertiary/aromatic N) is 2. The summed E-state index contributed by atoms with van der Waals surface area (Å²) in [7, 11) is 3.19. The van der Waals surface area contributed by atoms with Crippen molar-refractivity contribution in [2.24, 2.45) is 0 Å². The molecule has 4 rings (SSSR count). The fraction of sp³-hybridized carbons (Fsp3) is 0.472. The number of nitrogens with one attached hydrogen (secondary N) is 2. The monoisotopic (exact) mass is 632 g/mol. The number of likely N-dealkylation sites (N-methyl/N-ethyl adjacent to an activating group) is 2. The van der Waals surface area contributed by atoms with E-state index < -0.39 is 5.41 Å². The molecule has 2 aliphatic rings. The maximum atomic E-state index is 13.7. The third kappa shape index (κ3) is 8.62. The zero-order chi connectivity index (χ0) is 33.7. The minimum Gasteiger partial charge on any atom is -0.465 e. The number of fused-ring (bicyclic) bond motifs is 1. The first-order chi connectivity index (χ1) is 22.1. The van der Waals surface area contributed by atoms with Crippen molar-refractivity contribution in [1.82, 2.24) is 20.4 Å². The van der Waals surface area contributed by atoms with E-state index in [-0.39, 0.29) is 41.9 Å². The molecule has 1 aliphatic heterocycles. The molecule has 1 saturated heterocycles. The number of allylic oxidation sites excluding steroid dienone is 1. The Balaban J connectivity index is 0.000000268. The van der Waals surface area contributed by atoms with Crippen LogP contribution in [0, 0.1) is 0 Å². The molecule has 0 spiro atoms. The summed E-state index contributed by atoms with van der Waals surface area (Å²) in [5, 5.41) is 5.31. The van der Waals surface area contributed by atoms with Crippen LogP contribution in [0.5, 0.6) is 0 Å². The Morgan fingerprint density at radius 3 is 2.24 bits per heavy atom. The molecule has 248 valence electrons. The highest BCUT2D eigenvalue weighted by atomic mass is 16.5. The van der Waals surface area contributed by atoms with Gasteiger partial charge in [0.05, 0.1) is 12.0 Å². The highest BCUT2D eigenvalue weighted by Crippen LogP contribution is 2.47. The Bertz CT molecular complexity index is 1390. The summed E-state index contributed by atoms with van der Waals surface area (Å²) in [6.07, 6.45) is 6.15. The predicted molar refractivity (Wildman–Crippen MR) is 177 cm³/mol. The van der Waals surface area contributed by atoms with Crippen LogP contribution in [0.15, 0.2) is 66.2 Å². The highest BCUT2D eigenvalue weighted by Gasteiger charge is 2.47. The molecule has 1 aliphatic carbocycles. The van der Waals surface area contributed by atoms with Crippen LogP contribution in [0.3, 0.4) is 0 Å². The molecule has 10 heteroatoms. The van der Waals surface area contributed by atoms with E-state index in [4.69, 9.17) is 4.74 Å². The van der Waals surface area contributed by atoms with E-state index in [1.165, 1.54) is 17.5 Å². The van der Waals surface area contributed by atoms with Crippen LogP contribution in [0.2, 0.25) is 0 Å². The Kier molecular flexibility index (Phi) is 13.5. The number of benzene rings is 2. The van der Waals surface area contributed by atoms with Gasteiger partial charge >= 0.3 is 5.97 Å². The van der Waals surface area contributed by atoms with Gasteiger partial charge in [0.15, 0.2) is 0 Å². The smallest absolute Gasteiger partial charge is 0.325 e. The van der Waals surface area contributed by atoms with Crippen LogP contribution in [-0.2, 0) is 34.1 Å². The van der Waals surface area contributed by atoms with Gasteiger partial charge < -0.3 is 25.2 Å². The predicted octanol–water partition coefficient (Wildman–Crippen LogP) is 3.70. The van der Waals surface area contributed by atoms with E-state index in [0.717, 1.165) is 43.2 Å². The molecule has 0 bridgehead atoms. The standard InChI is InChI=1S/C23H27NO3.C13H21N3O3/c1-4-27-21(25)16-24(3)22(26)23(18-10-6-5-7-11-18)15-14-17(2)19-12-8-9-13-20(19)23;1-3-4-11(12(18)14-2)13(19)15-10-5-7-16(9-17)8-6-10/h5-13,17H,4,14-16H2,1-3H3;4,9-10H,3,5-8H2,1-2H3,(H,14,18)(H,15,19)/b;11-4+/t17-,23+;/m0./s1. The van der Waals surface area contributed by atoms with Gasteiger partial charge in [0.25, 0.3) is 11.8 Å². The zero-order valence-electron chi connectivity index (χ0n) is 27.7. The topological polar surface area (TPSA) is 125 Å². The van der Waals surface area contributed by atoms with E-state index in [0.29, 0.717) is 32.0 Å². The molecular weight excluding hydrogens is 584 g/mol. The molecule has 0 radical (unpaired) electrons. The molecule has 0 aromatic heterocycles. The average molecular weight is 633 g/mol. The molecule has 2 atom stereocenters. The van der Waals surface area contributed by atoms with Crippen molar-refractivity contribution in [3.05, 3.63) is 82.9 Å². The lowest BCUT2D eigenvalue weighted by Gasteiger charge is -2.42. The fourth-order valence-electron chi connectivity index (χ4n) is 6.24. The van der Waals surface area contributed by atoms with Gasteiger partial charge in [-0.15, -0.1) is 0 Å². The van der Waals surface area contributed by atoms with Crippen molar-refractivity contribution in [2.75, 3.05) is 40.3 Å². The summed E-state index contributed by atoms with van der Waals surface area (Å²) in [6.45, 7) is 7.40.